The Morgan fingerprint density at radius 1 is 1.25 bits per heavy atom. The van der Waals surface area contributed by atoms with E-state index in [0.29, 0.717) is 5.56 Å². The first kappa shape index (κ1) is 14.4. The van der Waals surface area contributed by atoms with Gasteiger partial charge in [-0.25, -0.2) is 17.5 Å². The first-order valence-electron chi connectivity index (χ1n) is 5.70. The molecule has 1 heterocycles. The van der Waals surface area contributed by atoms with Crippen LogP contribution in [-0.4, -0.2) is 18.2 Å². The van der Waals surface area contributed by atoms with Crippen molar-refractivity contribution in [3.05, 3.63) is 41.2 Å². The first-order chi connectivity index (χ1) is 9.22. The molecule has 0 spiro atoms. The predicted octanol–water partition coefficient (Wildman–Crippen LogP) is 2.12. The summed E-state index contributed by atoms with van der Waals surface area (Å²) in [5.41, 5.74) is 0.621. The summed E-state index contributed by atoms with van der Waals surface area (Å²) >= 11 is 0. The molecule has 0 aliphatic rings. The number of hydrogen-bond acceptors (Lipinski definition) is 3. The van der Waals surface area contributed by atoms with Gasteiger partial charge in [0.15, 0.2) is 4.90 Å². The van der Waals surface area contributed by atoms with Crippen LogP contribution in [0.5, 0.6) is 0 Å². The smallest absolute Gasteiger partial charge is 0.268 e. The lowest BCUT2D eigenvalue weighted by atomic mass is 10.2. The van der Waals surface area contributed by atoms with Crippen LogP contribution in [0.4, 0.5) is 14.5 Å². The van der Waals surface area contributed by atoms with Gasteiger partial charge in [-0.1, -0.05) is 6.07 Å². The molecule has 0 aliphatic heterocycles. The molecule has 0 amide bonds. The minimum absolute atomic E-state index is 0.0338. The van der Waals surface area contributed by atoms with E-state index in [2.05, 4.69) is 9.82 Å². The average molecular weight is 301 g/mol. The standard InChI is InChI=1S/C12H13F2N3O2S/c1-7-4-5-9(13)6-10(7)16-20(18,19)11-8(2)15-17(3)12(11)14/h4-6,16H,1-3H3. The molecule has 0 saturated heterocycles. The molecule has 20 heavy (non-hydrogen) atoms. The lowest BCUT2D eigenvalue weighted by Gasteiger charge is -2.10. The molecule has 2 aromatic rings. The van der Waals surface area contributed by atoms with Gasteiger partial charge in [-0.05, 0) is 31.5 Å². The molecule has 0 atom stereocenters. The van der Waals surface area contributed by atoms with Gasteiger partial charge in [-0.2, -0.15) is 9.49 Å². The molecule has 0 unspecified atom stereocenters. The maximum atomic E-state index is 13.8. The number of anilines is 1. The SMILES string of the molecule is Cc1ccc(F)cc1NS(=O)(=O)c1c(C)nn(C)c1F. The lowest BCUT2D eigenvalue weighted by Crippen LogP contribution is -2.16. The molecule has 5 nitrogen and oxygen atoms in total. The van der Waals surface area contributed by atoms with Crippen LogP contribution in [0.15, 0.2) is 23.1 Å². The van der Waals surface area contributed by atoms with Crippen LogP contribution in [0.25, 0.3) is 0 Å². The third-order valence-corrected chi connectivity index (χ3v) is 4.30. The molecule has 108 valence electrons. The second-order valence-electron chi connectivity index (χ2n) is 4.39. The van der Waals surface area contributed by atoms with Crippen molar-refractivity contribution < 1.29 is 17.2 Å². The highest BCUT2D eigenvalue weighted by atomic mass is 32.2. The zero-order valence-electron chi connectivity index (χ0n) is 11.1. The summed E-state index contributed by atoms with van der Waals surface area (Å²) in [6.07, 6.45) is 0. The number of rotatable bonds is 3. The summed E-state index contributed by atoms with van der Waals surface area (Å²) < 4.78 is 54.4. The highest BCUT2D eigenvalue weighted by molar-refractivity contribution is 7.92. The molecular formula is C12H13F2N3O2S. The Balaban J connectivity index is 2.49. The van der Waals surface area contributed by atoms with Gasteiger partial charge in [-0.15, -0.1) is 0 Å². The van der Waals surface area contributed by atoms with Crippen molar-refractivity contribution in [2.75, 3.05) is 4.72 Å². The van der Waals surface area contributed by atoms with E-state index in [1.807, 2.05) is 0 Å². The number of hydrogen-bond donors (Lipinski definition) is 1. The second-order valence-corrected chi connectivity index (χ2v) is 6.01. The Morgan fingerprint density at radius 3 is 2.45 bits per heavy atom. The van der Waals surface area contributed by atoms with Crippen molar-refractivity contribution >= 4 is 15.7 Å². The van der Waals surface area contributed by atoms with Crippen LogP contribution in [-0.2, 0) is 17.1 Å². The van der Waals surface area contributed by atoms with Crippen molar-refractivity contribution in [2.45, 2.75) is 18.7 Å². The van der Waals surface area contributed by atoms with Crippen molar-refractivity contribution in [2.24, 2.45) is 7.05 Å². The number of benzene rings is 1. The summed E-state index contributed by atoms with van der Waals surface area (Å²) in [6, 6.07) is 3.68. The fourth-order valence-corrected chi connectivity index (χ4v) is 3.21. The number of halogens is 2. The summed E-state index contributed by atoms with van der Waals surface area (Å²) in [5.74, 6) is -1.55. The van der Waals surface area contributed by atoms with E-state index in [4.69, 9.17) is 0 Å². The monoisotopic (exact) mass is 301 g/mol. The van der Waals surface area contributed by atoms with Crippen LogP contribution >= 0.6 is 0 Å². The molecule has 0 radical (unpaired) electrons. The van der Waals surface area contributed by atoms with Crippen LogP contribution in [0.1, 0.15) is 11.3 Å². The maximum absolute atomic E-state index is 13.8. The lowest BCUT2D eigenvalue weighted by molar-refractivity contribution is 0.483. The van der Waals surface area contributed by atoms with E-state index in [1.54, 1.807) is 6.92 Å². The molecule has 0 saturated carbocycles. The van der Waals surface area contributed by atoms with Crippen LogP contribution < -0.4 is 4.72 Å². The van der Waals surface area contributed by atoms with Crippen molar-refractivity contribution in [1.29, 1.82) is 0 Å². The zero-order valence-corrected chi connectivity index (χ0v) is 11.9. The van der Waals surface area contributed by atoms with Gasteiger partial charge in [0.1, 0.15) is 5.82 Å². The Bertz CT molecular complexity index is 769. The molecule has 0 fully saturated rings. The fraction of sp³-hybridized carbons (Fsp3) is 0.250. The first-order valence-corrected chi connectivity index (χ1v) is 7.19. The van der Waals surface area contributed by atoms with Gasteiger partial charge in [0.25, 0.3) is 10.0 Å². The highest BCUT2D eigenvalue weighted by Gasteiger charge is 2.27. The minimum atomic E-state index is -4.17. The number of aromatic nitrogens is 2. The third-order valence-electron chi connectivity index (χ3n) is 2.81. The predicted molar refractivity (Wildman–Crippen MR) is 69.8 cm³/mol. The van der Waals surface area contributed by atoms with E-state index in [1.165, 1.54) is 26.1 Å². The van der Waals surface area contributed by atoms with Crippen molar-refractivity contribution in [3.8, 4) is 0 Å². The van der Waals surface area contributed by atoms with Gasteiger partial charge in [0, 0.05) is 7.05 Å². The quantitative estimate of drug-likeness (QED) is 0.944. The van der Waals surface area contributed by atoms with E-state index in [-0.39, 0.29) is 11.4 Å². The zero-order chi connectivity index (χ0) is 15.1. The highest BCUT2D eigenvalue weighted by Crippen LogP contribution is 2.24. The minimum Gasteiger partial charge on any atom is -0.279 e. The molecule has 8 heteroatoms. The van der Waals surface area contributed by atoms with Gasteiger partial charge >= 0.3 is 0 Å². The van der Waals surface area contributed by atoms with Crippen molar-refractivity contribution in [3.63, 3.8) is 0 Å². The Hall–Kier alpha value is -1.96. The summed E-state index contributed by atoms with van der Waals surface area (Å²) in [6.45, 7) is 3.00. The van der Waals surface area contributed by atoms with E-state index in [9.17, 15) is 17.2 Å². The summed E-state index contributed by atoms with van der Waals surface area (Å²) in [7, 11) is -2.87. The van der Waals surface area contributed by atoms with E-state index < -0.39 is 26.7 Å². The number of nitrogens with zero attached hydrogens (tertiary/aromatic N) is 2. The number of sulfonamides is 1. The molecule has 2 rings (SSSR count). The van der Waals surface area contributed by atoms with Gasteiger partial charge in [0.2, 0.25) is 5.95 Å². The van der Waals surface area contributed by atoms with E-state index >= 15 is 0 Å². The van der Waals surface area contributed by atoms with Crippen LogP contribution in [0.3, 0.4) is 0 Å². The normalized spacial score (nSPS) is 11.7. The van der Waals surface area contributed by atoms with Crippen LogP contribution in [0, 0.1) is 25.6 Å². The summed E-state index contributed by atoms with van der Waals surface area (Å²) in [5, 5.41) is 3.71. The summed E-state index contributed by atoms with van der Waals surface area (Å²) in [4.78, 5) is -0.538. The second kappa shape index (κ2) is 4.86. The average Bonchev–Trinajstić information content (AvgIpc) is 2.58. The number of nitrogens with one attached hydrogen (secondary N) is 1. The van der Waals surface area contributed by atoms with Gasteiger partial charge in [0.05, 0.1) is 11.4 Å². The topological polar surface area (TPSA) is 64.0 Å². The Labute approximate surface area is 115 Å². The molecule has 1 N–H and O–H groups in total. The third kappa shape index (κ3) is 2.51. The molecular weight excluding hydrogens is 288 g/mol. The molecule has 1 aromatic carbocycles. The van der Waals surface area contributed by atoms with Gasteiger partial charge in [-0.3, -0.25) is 4.72 Å². The molecule has 0 aliphatic carbocycles. The molecule has 0 bridgehead atoms. The number of aryl methyl sites for hydroxylation is 3. The molecule has 1 aromatic heterocycles. The fourth-order valence-electron chi connectivity index (χ4n) is 1.82. The maximum Gasteiger partial charge on any atom is 0.268 e. The van der Waals surface area contributed by atoms with Crippen LogP contribution in [0.2, 0.25) is 0 Å². The van der Waals surface area contributed by atoms with Crippen molar-refractivity contribution in [1.82, 2.24) is 9.78 Å². The van der Waals surface area contributed by atoms with Gasteiger partial charge < -0.3 is 0 Å². The Kier molecular flexibility index (Phi) is 3.51. The Morgan fingerprint density at radius 2 is 1.90 bits per heavy atom. The van der Waals surface area contributed by atoms with E-state index in [0.717, 1.165) is 10.7 Å². The largest absolute Gasteiger partial charge is 0.279 e.